The number of carbonyl (C=O) groups excluding carboxylic acids is 1. The Bertz CT molecular complexity index is 650. The van der Waals surface area contributed by atoms with Crippen LogP contribution < -0.4 is 5.73 Å². The molecule has 0 atom stereocenters. The number of nitrogens with zero attached hydrogens (tertiary/aromatic N) is 3. The number of carbonyl (C=O) groups is 1. The van der Waals surface area contributed by atoms with Gasteiger partial charge in [0.25, 0.3) is 5.91 Å². The molecule has 1 amide bonds. The molecule has 1 fully saturated rings. The van der Waals surface area contributed by atoms with Crippen LogP contribution >= 0.6 is 0 Å². The van der Waals surface area contributed by atoms with Gasteiger partial charge in [0.05, 0.1) is 11.4 Å². The lowest BCUT2D eigenvalue weighted by Crippen LogP contribution is -2.42. The molecular formula is C15H16N4O. The summed E-state index contributed by atoms with van der Waals surface area (Å²) in [6.07, 6.45) is 1.80. The Morgan fingerprint density at radius 3 is 2.80 bits per heavy atom. The van der Waals surface area contributed by atoms with Gasteiger partial charge in [0.2, 0.25) is 0 Å². The van der Waals surface area contributed by atoms with E-state index in [4.69, 9.17) is 5.73 Å². The highest BCUT2D eigenvalue weighted by atomic mass is 16.1. The first-order valence-corrected chi connectivity index (χ1v) is 6.56. The number of nitrogens with two attached hydrogens (primary N) is 1. The third-order valence-electron chi connectivity index (χ3n) is 3.57. The molecule has 2 aromatic rings. The van der Waals surface area contributed by atoms with Crippen molar-refractivity contribution in [2.45, 2.75) is 5.92 Å². The van der Waals surface area contributed by atoms with Crippen molar-refractivity contribution in [3.8, 4) is 11.3 Å². The van der Waals surface area contributed by atoms with Gasteiger partial charge in [0, 0.05) is 30.8 Å². The van der Waals surface area contributed by atoms with E-state index in [1.165, 1.54) is 0 Å². The van der Waals surface area contributed by atoms with E-state index in [1.807, 2.05) is 18.2 Å². The summed E-state index contributed by atoms with van der Waals surface area (Å²) in [5, 5.41) is 0. The van der Waals surface area contributed by atoms with Crippen LogP contribution in [0.5, 0.6) is 0 Å². The van der Waals surface area contributed by atoms with Crippen LogP contribution in [0.15, 0.2) is 36.5 Å². The predicted molar refractivity (Wildman–Crippen MR) is 76.2 cm³/mol. The molecule has 1 aliphatic heterocycles. The van der Waals surface area contributed by atoms with Crippen molar-refractivity contribution in [1.82, 2.24) is 14.9 Å². The standard InChI is InChI=1S/C15H16N4O/c1-19-8-10(9-19)14-11(4-3-7-17-14)12-5-2-6-13(18-12)15(16)20/h2-7,10H,8-9H2,1H3,(H2,16,20). The molecule has 1 aliphatic rings. The summed E-state index contributed by atoms with van der Waals surface area (Å²) in [4.78, 5) is 22.3. The second-order valence-corrected chi connectivity index (χ2v) is 5.13. The highest BCUT2D eigenvalue weighted by molar-refractivity contribution is 5.91. The number of primary amides is 1. The van der Waals surface area contributed by atoms with Crippen LogP contribution in [0.25, 0.3) is 11.3 Å². The molecule has 1 saturated heterocycles. The molecule has 0 radical (unpaired) electrons. The van der Waals surface area contributed by atoms with E-state index in [-0.39, 0.29) is 5.69 Å². The Labute approximate surface area is 117 Å². The summed E-state index contributed by atoms with van der Waals surface area (Å²) < 4.78 is 0. The van der Waals surface area contributed by atoms with Crippen molar-refractivity contribution in [3.63, 3.8) is 0 Å². The summed E-state index contributed by atoms with van der Waals surface area (Å²) in [6.45, 7) is 2.00. The smallest absolute Gasteiger partial charge is 0.267 e. The van der Waals surface area contributed by atoms with Crippen molar-refractivity contribution in [1.29, 1.82) is 0 Å². The fourth-order valence-corrected chi connectivity index (χ4v) is 2.55. The Morgan fingerprint density at radius 2 is 2.10 bits per heavy atom. The zero-order valence-electron chi connectivity index (χ0n) is 11.3. The first-order chi connectivity index (χ1) is 9.65. The van der Waals surface area contributed by atoms with Crippen LogP contribution in [-0.4, -0.2) is 40.9 Å². The largest absolute Gasteiger partial charge is 0.364 e. The molecule has 0 saturated carbocycles. The maximum atomic E-state index is 11.3. The van der Waals surface area contributed by atoms with Crippen molar-refractivity contribution in [2.75, 3.05) is 20.1 Å². The van der Waals surface area contributed by atoms with Gasteiger partial charge >= 0.3 is 0 Å². The normalized spacial score (nSPS) is 15.8. The van der Waals surface area contributed by atoms with Gasteiger partial charge in [-0.25, -0.2) is 4.98 Å². The Morgan fingerprint density at radius 1 is 1.30 bits per heavy atom. The highest BCUT2D eigenvalue weighted by Gasteiger charge is 2.28. The zero-order chi connectivity index (χ0) is 14.1. The van der Waals surface area contributed by atoms with E-state index in [0.29, 0.717) is 5.92 Å². The molecule has 20 heavy (non-hydrogen) atoms. The number of likely N-dealkylation sites (N-methyl/N-ethyl adjacent to an activating group) is 1. The van der Waals surface area contributed by atoms with Gasteiger partial charge in [-0.2, -0.15) is 0 Å². The summed E-state index contributed by atoms with van der Waals surface area (Å²) in [5.41, 5.74) is 8.34. The van der Waals surface area contributed by atoms with Crippen LogP contribution in [-0.2, 0) is 0 Å². The molecule has 2 aromatic heterocycles. The quantitative estimate of drug-likeness (QED) is 0.910. The van der Waals surface area contributed by atoms with Gasteiger partial charge < -0.3 is 10.6 Å². The average molecular weight is 268 g/mol. The summed E-state index contributed by atoms with van der Waals surface area (Å²) >= 11 is 0. The number of aromatic nitrogens is 2. The molecule has 2 N–H and O–H groups in total. The average Bonchev–Trinajstić information content (AvgIpc) is 2.44. The van der Waals surface area contributed by atoms with Crippen LogP contribution in [0.3, 0.4) is 0 Å². The SMILES string of the molecule is CN1CC(c2ncccc2-c2cccc(C(N)=O)n2)C1. The summed E-state index contributed by atoms with van der Waals surface area (Å²) in [6, 6.07) is 9.19. The number of pyridine rings is 2. The number of likely N-dealkylation sites (tertiary alicyclic amines) is 1. The molecule has 0 bridgehead atoms. The lowest BCUT2D eigenvalue weighted by atomic mass is 9.92. The van der Waals surface area contributed by atoms with Gasteiger partial charge in [-0.1, -0.05) is 6.07 Å². The Kier molecular flexibility index (Phi) is 3.20. The molecule has 3 rings (SSSR count). The van der Waals surface area contributed by atoms with Crippen molar-refractivity contribution in [3.05, 3.63) is 47.9 Å². The van der Waals surface area contributed by atoms with Gasteiger partial charge in [-0.15, -0.1) is 0 Å². The Balaban J connectivity index is 2.01. The molecule has 5 nitrogen and oxygen atoms in total. The minimum atomic E-state index is -0.513. The van der Waals surface area contributed by atoms with Crippen LogP contribution in [0.1, 0.15) is 22.1 Å². The highest BCUT2D eigenvalue weighted by Crippen LogP contribution is 2.31. The number of amides is 1. The van der Waals surface area contributed by atoms with Gasteiger partial charge in [0.1, 0.15) is 5.69 Å². The first kappa shape index (κ1) is 12.7. The van der Waals surface area contributed by atoms with Crippen molar-refractivity contribution >= 4 is 5.91 Å². The molecule has 5 heteroatoms. The van der Waals surface area contributed by atoms with E-state index in [2.05, 4.69) is 21.9 Å². The molecule has 3 heterocycles. The number of hydrogen-bond donors (Lipinski definition) is 1. The summed E-state index contributed by atoms with van der Waals surface area (Å²) in [5.74, 6) is -0.0871. The minimum Gasteiger partial charge on any atom is -0.364 e. The third kappa shape index (κ3) is 2.28. The molecular weight excluding hydrogens is 252 g/mol. The second kappa shape index (κ2) is 5.02. The number of hydrogen-bond acceptors (Lipinski definition) is 4. The van der Waals surface area contributed by atoms with Crippen LogP contribution in [0.2, 0.25) is 0 Å². The fraction of sp³-hybridized carbons (Fsp3) is 0.267. The van der Waals surface area contributed by atoms with Crippen molar-refractivity contribution in [2.24, 2.45) is 5.73 Å². The van der Waals surface area contributed by atoms with Crippen molar-refractivity contribution < 1.29 is 4.79 Å². The lowest BCUT2D eigenvalue weighted by Gasteiger charge is -2.36. The zero-order valence-corrected chi connectivity index (χ0v) is 11.3. The Hall–Kier alpha value is -2.27. The maximum Gasteiger partial charge on any atom is 0.267 e. The minimum absolute atomic E-state index is 0.281. The third-order valence-corrected chi connectivity index (χ3v) is 3.57. The van der Waals surface area contributed by atoms with E-state index < -0.39 is 5.91 Å². The monoisotopic (exact) mass is 268 g/mol. The van der Waals surface area contributed by atoms with Crippen LogP contribution in [0.4, 0.5) is 0 Å². The topological polar surface area (TPSA) is 72.1 Å². The van der Waals surface area contributed by atoms with E-state index >= 15 is 0 Å². The predicted octanol–water partition coefficient (Wildman–Crippen LogP) is 1.27. The fourth-order valence-electron chi connectivity index (χ4n) is 2.55. The lowest BCUT2D eigenvalue weighted by molar-refractivity contribution is 0.0995. The van der Waals surface area contributed by atoms with Gasteiger partial charge in [-0.05, 0) is 31.3 Å². The van der Waals surface area contributed by atoms with Gasteiger partial charge in [0.15, 0.2) is 0 Å². The molecule has 0 aromatic carbocycles. The second-order valence-electron chi connectivity index (χ2n) is 5.13. The molecule has 102 valence electrons. The van der Waals surface area contributed by atoms with E-state index in [1.54, 1.807) is 18.3 Å². The molecule has 0 spiro atoms. The van der Waals surface area contributed by atoms with E-state index in [0.717, 1.165) is 30.0 Å². The summed E-state index contributed by atoms with van der Waals surface area (Å²) in [7, 11) is 2.09. The van der Waals surface area contributed by atoms with Gasteiger partial charge in [-0.3, -0.25) is 9.78 Å². The van der Waals surface area contributed by atoms with Crippen LogP contribution in [0, 0.1) is 0 Å². The first-order valence-electron chi connectivity index (χ1n) is 6.56. The molecule has 0 aliphatic carbocycles. The maximum absolute atomic E-state index is 11.3. The van der Waals surface area contributed by atoms with E-state index in [9.17, 15) is 4.79 Å². The number of rotatable bonds is 3. The molecule has 0 unspecified atom stereocenters.